The predicted octanol–water partition coefficient (Wildman–Crippen LogP) is 2.60. The van der Waals surface area contributed by atoms with Crippen molar-refractivity contribution in [3.63, 3.8) is 0 Å². The lowest BCUT2D eigenvalue weighted by molar-refractivity contribution is 0.361. The number of hydrogen-bond donors (Lipinski definition) is 1. The van der Waals surface area contributed by atoms with Crippen LogP contribution in [0.3, 0.4) is 0 Å². The minimum absolute atomic E-state index is 0.823. The molecule has 1 N–H and O–H groups in total. The summed E-state index contributed by atoms with van der Waals surface area (Å²) in [5.74, 6) is 1.68. The Kier molecular flexibility index (Phi) is 5.58. The first-order valence-corrected chi connectivity index (χ1v) is 7.52. The van der Waals surface area contributed by atoms with Crippen molar-refractivity contribution in [2.24, 2.45) is 5.92 Å². The zero-order valence-corrected chi connectivity index (χ0v) is 12.2. The third-order valence-corrected chi connectivity index (χ3v) is 3.87. The Balaban J connectivity index is 1.85. The molecule has 106 valence electrons. The average Bonchev–Trinajstić information content (AvgIpc) is 2.46. The van der Waals surface area contributed by atoms with Gasteiger partial charge in [-0.25, -0.2) is 9.97 Å². The van der Waals surface area contributed by atoms with Crippen molar-refractivity contribution in [1.82, 2.24) is 15.3 Å². The van der Waals surface area contributed by atoms with Crippen LogP contribution in [-0.2, 0) is 6.54 Å². The van der Waals surface area contributed by atoms with E-state index >= 15 is 0 Å². The van der Waals surface area contributed by atoms with Crippen molar-refractivity contribution >= 4 is 5.95 Å². The van der Waals surface area contributed by atoms with Gasteiger partial charge in [-0.2, -0.15) is 0 Å². The molecule has 1 aliphatic carbocycles. The minimum Gasteiger partial charge on any atom is -0.344 e. The first kappa shape index (κ1) is 14.3. The molecule has 4 heteroatoms. The Morgan fingerprint density at radius 3 is 2.53 bits per heavy atom. The van der Waals surface area contributed by atoms with Crippen LogP contribution in [-0.4, -0.2) is 30.1 Å². The SMILES string of the molecule is CCNCc1cnc(N(C)CC2CCCCC2)nc1. The predicted molar refractivity (Wildman–Crippen MR) is 79.3 cm³/mol. The topological polar surface area (TPSA) is 41.1 Å². The molecule has 0 atom stereocenters. The molecule has 1 fully saturated rings. The van der Waals surface area contributed by atoms with Crippen LogP contribution in [0.1, 0.15) is 44.6 Å². The molecule has 1 heterocycles. The molecule has 0 bridgehead atoms. The second-order valence-electron chi connectivity index (χ2n) is 5.56. The maximum absolute atomic E-state index is 4.47. The third kappa shape index (κ3) is 4.46. The van der Waals surface area contributed by atoms with Gasteiger partial charge in [-0.3, -0.25) is 0 Å². The average molecular weight is 262 g/mol. The first-order valence-electron chi connectivity index (χ1n) is 7.52. The Morgan fingerprint density at radius 2 is 1.89 bits per heavy atom. The lowest BCUT2D eigenvalue weighted by Crippen LogP contribution is -2.28. The summed E-state index contributed by atoms with van der Waals surface area (Å²) in [6.07, 6.45) is 10.8. The molecule has 1 saturated carbocycles. The van der Waals surface area contributed by atoms with Gasteiger partial charge in [0.25, 0.3) is 0 Å². The fourth-order valence-corrected chi connectivity index (χ4v) is 2.74. The molecule has 0 saturated heterocycles. The van der Waals surface area contributed by atoms with E-state index in [1.807, 2.05) is 12.4 Å². The zero-order chi connectivity index (χ0) is 13.5. The second kappa shape index (κ2) is 7.43. The van der Waals surface area contributed by atoms with E-state index in [0.717, 1.165) is 37.1 Å². The molecular weight excluding hydrogens is 236 g/mol. The molecule has 1 aromatic heterocycles. The summed E-state index contributed by atoms with van der Waals surface area (Å²) in [6.45, 7) is 5.02. The molecule has 0 radical (unpaired) electrons. The standard InChI is InChI=1S/C15H26N4/c1-3-16-9-14-10-17-15(18-11-14)19(2)12-13-7-5-4-6-8-13/h10-11,13,16H,3-9,12H2,1-2H3. The third-order valence-electron chi connectivity index (χ3n) is 3.87. The van der Waals surface area contributed by atoms with E-state index in [-0.39, 0.29) is 0 Å². The summed E-state index contributed by atoms with van der Waals surface area (Å²) in [4.78, 5) is 11.1. The van der Waals surface area contributed by atoms with E-state index in [2.05, 4.69) is 34.2 Å². The van der Waals surface area contributed by atoms with Crippen LogP contribution in [0.4, 0.5) is 5.95 Å². The second-order valence-corrected chi connectivity index (χ2v) is 5.56. The van der Waals surface area contributed by atoms with Crippen molar-refractivity contribution in [1.29, 1.82) is 0 Å². The molecule has 19 heavy (non-hydrogen) atoms. The number of aromatic nitrogens is 2. The lowest BCUT2D eigenvalue weighted by Gasteiger charge is -2.27. The van der Waals surface area contributed by atoms with Crippen LogP contribution in [0.5, 0.6) is 0 Å². The molecule has 4 nitrogen and oxygen atoms in total. The van der Waals surface area contributed by atoms with Crippen LogP contribution in [0.15, 0.2) is 12.4 Å². The smallest absolute Gasteiger partial charge is 0.225 e. The summed E-state index contributed by atoms with van der Waals surface area (Å²) < 4.78 is 0. The maximum Gasteiger partial charge on any atom is 0.225 e. The highest BCUT2D eigenvalue weighted by Gasteiger charge is 2.16. The van der Waals surface area contributed by atoms with Gasteiger partial charge in [0.1, 0.15) is 0 Å². The molecule has 0 unspecified atom stereocenters. The first-order chi connectivity index (χ1) is 9.29. The summed E-state index contributed by atoms with van der Waals surface area (Å²) >= 11 is 0. The van der Waals surface area contributed by atoms with Crippen molar-refractivity contribution in [3.05, 3.63) is 18.0 Å². The van der Waals surface area contributed by atoms with Gasteiger partial charge in [0.05, 0.1) is 0 Å². The van der Waals surface area contributed by atoms with Gasteiger partial charge in [-0.05, 0) is 25.3 Å². The Morgan fingerprint density at radius 1 is 1.21 bits per heavy atom. The van der Waals surface area contributed by atoms with Gasteiger partial charge >= 0.3 is 0 Å². The van der Waals surface area contributed by atoms with Crippen molar-refractivity contribution in [2.45, 2.75) is 45.6 Å². The van der Waals surface area contributed by atoms with Crippen LogP contribution in [0.25, 0.3) is 0 Å². The molecule has 1 aliphatic rings. The van der Waals surface area contributed by atoms with E-state index < -0.39 is 0 Å². The van der Waals surface area contributed by atoms with Crippen molar-refractivity contribution < 1.29 is 0 Å². The van der Waals surface area contributed by atoms with E-state index in [4.69, 9.17) is 0 Å². The fraction of sp³-hybridized carbons (Fsp3) is 0.733. The van der Waals surface area contributed by atoms with Gasteiger partial charge in [-0.15, -0.1) is 0 Å². The molecule has 0 aliphatic heterocycles. The number of rotatable bonds is 6. The van der Waals surface area contributed by atoms with Gasteiger partial charge in [0.15, 0.2) is 0 Å². The highest BCUT2D eigenvalue weighted by atomic mass is 15.2. The molecule has 0 amide bonds. The van der Waals surface area contributed by atoms with E-state index in [0.29, 0.717) is 0 Å². The van der Waals surface area contributed by atoms with Crippen molar-refractivity contribution in [2.75, 3.05) is 25.0 Å². The number of nitrogens with one attached hydrogen (secondary N) is 1. The van der Waals surface area contributed by atoms with E-state index in [1.54, 1.807) is 0 Å². The van der Waals surface area contributed by atoms with E-state index in [9.17, 15) is 0 Å². The largest absolute Gasteiger partial charge is 0.344 e. The Labute approximate surface area is 116 Å². The van der Waals surface area contributed by atoms with Crippen LogP contribution in [0, 0.1) is 5.92 Å². The zero-order valence-electron chi connectivity index (χ0n) is 12.2. The quantitative estimate of drug-likeness (QED) is 0.855. The summed E-state index contributed by atoms with van der Waals surface area (Å²) in [5.41, 5.74) is 1.15. The van der Waals surface area contributed by atoms with Gasteiger partial charge in [0, 0.05) is 38.1 Å². The Hall–Kier alpha value is -1.16. The number of hydrogen-bond acceptors (Lipinski definition) is 4. The fourth-order valence-electron chi connectivity index (χ4n) is 2.74. The van der Waals surface area contributed by atoms with E-state index in [1.165, 1.54) is 32.1 Å². The molecule has 2 rings (SSSR count). The number of anilines is 1. The van der Waals surface area contributed by atoms with Gasteiger partial charge in [0.2, 0.25) is 5.95 Å². The summed E-state index contributed by atoms with van der Waals surface area (Å²) in [7, 11) is 2.11. The molecule has 1 aromatic rings. The highest BCUT2D eigenvalue weighted by Crippen LogP contribution is 2.24. The monoisotopic (exact) mass is 262 g/mol. The van der Waals surface area contributed by atoms with Gasteiger partial charge < -0.3 is 10.2 Å². The van der Waals surface area contributed by atoms with Gasteiger partial charge in [-0.1, -0.05) is 26.2 Å². The molecule has 0 spiro atoms. The van der Waals surface area contributed by atoms with Crippen LogP contribution < -0.4 is 10.2 Å². The normalized spacial score (nSPS) is 16.5. The molecular formula is C15H26N4. The lowest BCUT2D eigenvalue weighted by atomic mass is 9.89. The summed E-state index contributed by atoms with van der Waals surface area (Å²) in [6, 6.07) is 0. The van der Waals surface area contributed by atoms with Crippen molar-refractivity contribution in [3.8, 4) is 0 Å². The highest BCUT2D eigenvalue weighted by molar-refractivity contribution is 5.28. The van der Waals surface area contributed by atoms with Crippen LogP contribution in [0.2, 0.25) is 0 Å². The summed E-state index contributed by atoms with van der Waals surface area (Å²) in [5, 5.41) is 3.29. The maximum atomic E-state index is 4.47. The molecule has 0 aromatic carbocycles. The van der Waals surface area contributed by atoms with Crippen LogP contribution >= 0.6 is 0 Å². The minimum atomic E-state index is 0.823. The Bertz CT molecular complexity index is 357. The number of nitrogens with zero attached hydrogens (tertiary/aromatic N) is 3.